The predicted octanol–water partition coefficient (Wildman–Crippen LogP) is 3.84. The van der Waals surface area contributed by atoms with Gasteiger partial charge in [-0.3, -0.25) is 9.59 Å². The molecule has 0 spiro atoms. The van der Waals surface area contributed by atoms with Crippen LogP contribution in [-0.4, -0.2) is 23.6 Å². The molecule has 0 aliphatic heterocycles. The minimum atomic E-state index is -0.868. The van der Waals surface area contributed by atoms with E-state index in [-0.39, 0.29) is 5.91 Å². The summed E-state index contributed by atoms with van der Waals surface area (Å²) in [6.45, 7) is 4.20. The molecule has 5 heteroatoms. The van der Waals surface area contributed by atoms with Crippen molar-refractivity contribution < 1.29 is 19.4 Å². The first-order chi connectivity index (χ1) is 12.0. The zero-order valence-corrected chi connectivity index (χ0v) is 14.5. The number of aliphatic carboxylic acids is 1. The average Bonchev–Trinajstić information content (AvgIpc) is 2.61. The van der Waals surface area contributed by atoms with E-state index >= 15 is 0 Å². The molecular weight excluding hydrogens is 318 g/mol. The number of carbonyl (C=O) groups excluding carboxylic acids is 1. The van der Waals surface area contributed by atoms with Crippen molar-refractivity contribution >= 4 is 17.6 Å². The van der Waals surface area contributed by atoms with Gasteiger partial charge >= 0.3 is 5.97 Å². The first-order valence-electron chi connectivity index (χ1n) is 8.34. The van der Waals surface area contributed by atoms with Gasteiger partial charge in [-0.05, 0) is 55.7 Å². The molecule has 2 N–H and O–H groups in total. The third-order valence-electron chi connectivity index (χ3n) is 3.94. The second-order valence-electron chi connectivity index (χ2n) is 5.81. The van der Waals surface area contributed by atoms with Crippen LogP contribution in [0.25, 0.3) is 0 Å². The molecule has 0 aliphatic carbocycles. The van der Waals surface area contributed by atoms with E-state index in [9.17, 15) is 9.59 Å². The molecule has 0 saturated heterocycles. The van der Waals surface area contributed by atoms with Crippen LogP contribution in [0, 0.1) is 0 Å². The molecule has 2 aromatic rings. The third-order valence-corrected chi connectivity index (χ3v) is 3.94. The number of hydrogen-bond acceptors (Lipinski definition) is 3. The van der Waals surface area contributed by atoms with E-state index in [1.165, 1.54) is 0 Å². The second-order valence-corrected chi connectivity index (χ2v) is 5.81. The summed E-state index contributed by atoms with van der Waals surface area (Å²) in [5.41, 5.74) is 2.45. The lowest BCUT2D eigenvalue weighted by molar-refractivity contribution is -0.138. The minimum Gasteiger partial charge on any atom is -0.494 e. The number of carboxylic acids is 1. The van der Waals surface area contributed by atoms with Gasteiger partial charge in [-0.25, -0.2) is 0 Å². The van der Waals surface area contributed by atoms with E-state index in [4.69, 9.17) is 9.84 Å². The van der Waals surface area contributed by atoms with Crippen LogP contribution in [0.15, 0.2) is 48.5 Å². The summed E-state index contributed by atoms with van der Waals surface area (Å²) in [6, 6.07) is 14.6. The monoisotopic (exact) mass is 341 g/mol. The van der Waals surface area contributed by atoms with Gasteiger partial charge in [0.05, 0.1) is 12.5 Å². The highest BCUT2D eigenvalue weighted by Gasteiger charge is 2.13. The van der Waals surface area contributed by atoms with E-state index < -0.39 is 11.9 Å². The van der Waals surface area contributed by atoms with Gasteiger partial charge in [0.25, 0.3) is 0 Å². The zero-order chi connectivity index (χ0) is 18.2. The lowest BCUT2D eigenvalue weighted by atomic mass is 10.0. The summed E-state index contributed by atoms with van der Waals surface area (Å²) >= 11 is 0. The Morgan fingerprint density at radius 3 is 2.28 bits per heavy atom. The highest BCUT2D eigenvalue weighted by atomic mass is 16.5. The number of ether oxygens (including phenoxy) is 1. The summed E-state index contributed by atoms with van der Waals surface area (Å²) in [7, 11) is 0. The molecule has 0 bridgehead atoms. The van der Waals surface area contributed by atoms with Crippen molar-refractivity contribution in [3.05, 3.63) is 59.7 Å². The maximum atomic E-state index is 12.1. The van der Waals surface area contributed by atoms with Crippen molar-refractivity contribution in [1.82, 2.24) is 0 Å². The number of carbonyl (C=O) groups is 2. The van der Waals surface area contributed by atoms with E-state index in [1.54, 1.807) is 31.2 Å². The lowest BCUT2D eigenvalue weighted by Gasteiger charge is -2.09. The number of anilines is 1. The van der Waals surface area contributed by atoms with Crippen molar-refractivity contribution in [3.63, 3.8) is 0 Å². The number of aryl methyl sites for hydroxylation is 1. The molecule has 1 amide bonds. The lowest BCUT2D eigenvalue weighted by Crippen LogP contribution is -2.12. The van der Waals surface area contributed by atoms with Gasteiger partial charge in [0.1, 0.15) is 5.75 Å². The third kappa shape index (κ3) is 5.64. The molecule has 0 aromatic heterocycles. The molecule has 132 valence electrons. The van der Waals surface area contributed by atoms with E-state index in [0.717, 1.165) is 11.3 Å². The molecule has 0 fully saturated rings. The summed E-state index contributed by atoms with van der Waals surface area (Å²) in [4.78, 5) is 23.0. The first-order valence-corrected chi connectivity index (χ1v) is 8.34. The van der Waals surface area contributed by atoms with Crippen LogP contribution >= 0.6 is 0 Å². The molecule has 0 saturated carbocycles. The van der Waals surface area contributed by atoms with E-state index in [0.29, 0.717) is 30.7 Å². The molecule has 2 rings (SSSR count). The van der Waals surface area contributed by atoms with Gasteiger partial charge in [0.2, 0.25) is 5.91 Å². The molecule has 25 heavy (non-hydrogen) atoms. The van der Waals surface area contributed by atoms with Gasteiger partial charge in [-0.2, -0.15) is 0 Å². The maximum absolute atomic E-state index is 12.1. The molecule has 0 heterocycles. The summed E-state index contributed by atoms with van der Waals surface area (Å²) in [6.07, 6.45) is 1.02. The van der Waals surface area contributed by atoms with Crippen LogP contribution in [0.3, 0.4) is 0 Å². The Labute approximate surface area is 147 Å². The predicted molar refractivity (Wildman–Crippen MR) is 97.1 cm³/mol. The second kappa shape index (κ2) is 8.87. The first kappa shape index (κ1) is 18.5. The van der Waals surface area contributed by atoms with Gasteiger partial charge in [-0.1, -0.05) is 24.3 Å². The number of amides is 1. The van der Waals surface area contributed by atoms with Gasteiger partial charge in [-0.15, -0.1) is 0 Å². The van der Waals surface area contributed by atoms with Crippen molar-refractivity contribution in [2.45, 2.75) is 32.6 Å². The van der Waals surface area contributed by atoms with Crippen LogP contribution in [0.4, 0.5) is 5.69 Å². The molecule has 0 aliphatic rings. The number of nitrogens with one attached hydrogen (secondary N) is 1. The highest BCUT2D eigenvalue weighted by Crippen LogP contribution is 2.18. The van der Waals surface area contributed by atoms with Crippen molar-refractivity contribution in [2.75, 3.05) is 11.9 Å². The van der Waals surface area contributed by atoms with Crippen molar-refractivity contribution in [1.29, 1.82) is 0 Å². The van der Waals surface area contributed by atoms with Gasteiger partial charge in [0, 0.05) is 12.1 Å². The maximum Gasteiger partial charge on any atom is 0.310 e. The average molecular weight is 341 g/mol. The fourth-order valence-electron chi connectivity index (χ4n) is 2.40. The Morgan fingerprint density at radius 1 is 1.08 bits per heavy atom. The van der Waals surface area contributed by atoms with Gasteiger partial charge in [0.15, 0.2) is 0 Å². The molecular formula is C20H23NO4. The Kier molecular flexibility index (Phi) is 6.57. The van der Waals surface area contributed by atoms with Crippen molar-refractivity contribution in [2.24, 2.45) is 0 Å². The van der Waals surface area contributed by atoms with E-state index in [1.807, 2.05) is 31.2 Å². The number of rotatable bonds is 8. The molecule has 2 aromatic carbocycles. The molecule has 1 unspecified atom stereocenters. The Balaban J connectivity index is 1.84. The number of benzene rings is 2. The largest absolute Gasteiger partial charge is 0.494 e. The minimum absolute atomic E-state index is 0.0760. The fraction of sp³-hybridized carbons (Fsp3) is 0.300. The zero-order valence-electron chi connectivity index (χ0n) is 14.5. The van der Waals surface area contributed by atoms with Crippen molar-refractivity contribution in [3.8, 4) is 5.75 Å². The smallest absolute Gasteiger partial charge is 0.310 e. The van der Waals surface area contributed by atoms with Crippen LogP contribution in [0.5, 0.6) is 5.75 Å². The quantitative estimate of drug-likeness (QED) is 0.765. The van der Waals surface area contributed by atoms with Crippen LogP contribution < -0.4 is 10.1 Å². The number of carboxylic acid groups (broad SMARTS) is 1. The van der Waals surface area contributed by atoms with Crippen LogP contribution in [0.2, 0.25) is 0 Å². The summed E-state index contributed by atoms with van der Waals surface area (Å²) in [5.74, 6) is -0.684. The summed E-state index contributed by atoms with van der Waals surface area (Å²) in [5, 5.41) is 11.8. The van der Waals surface area contributed by atoms with Gasteiger partial charge < -0.3 is 15.2 Å². The standard InChI is InChI=1S/C20H23NO4/c1-3-25-18-11-4-15(5-12-18)6-13-19(22)21-17-9-7-16(8-10-17)14(2)20(23)24/h4-5,7-12,14H,3,6,13H2,1-2H3,(H,21,22)(H,23,24). The molecule has 1 atom stereocenters. The topological polar surface area (TPSA) is 75.6 Å². The Morgan fingerprint density at radius 2 is 1.72 bits per heavy atom. The summed E-state index contributed by atoms with van der Waals surface area (Å²) < 4.78 is 5.39. The molecule has 0 radical (unpaired) electrons. The van der Waals surface area contributed by atoms with E-state index in [2.05, 4.69) is 5.32 Å². The Bertz CT molecular complexity index is 707. The number of hydrogen-bond donors (Lipinski definition) is 2. The Hall–Kier alpha value is -2.82. The fourth-order valence-corrected chi connectivity index (χ4v) is 2.40. The SMILES string of the molecule is CCOc1ccc(CCC(=O)Nc2ccc(C(C)C(=O)O)cc2)cc1. The molecule has 5 nitrogen and oxygen atoms in total. The van der Waals surface area contributed by atoms with Crippen LogP contribution in [0.1, 0.15) is 37.3 Å². The van der Waals surface area contributed by atoms with Crippen LogP contribution in [-0.2, 0) is 16.0 Å². The normalized spacial score (nSPS) is 11.6. The highest BCUT2D eigenvalue weighted by molar-refractivity contribution is 5.90.